The summed E-state index contributed by atoms with van der Waals surface area (Å²) in [6, 6.07) is 10.9. The van der Waals surface area contributed by atoms with E-state index >= 15 is 0 Å². The molecule has 1 unspecified atom stereocenters. The zero-order chi connectivity index (χ0) is 19.5. The van der Waals surface area contributed by atoms with E-state index in [4.69, 9.17) is 9.26 Å². The van der Waals surface area contributed by atoms with E-state index in [1.54, 1.807) is 6.07 Å². The highest BCUT2D eigenvalue weighted by Crippen LogP contribution is 2.28. The number of aromatic nitrogens is 1. The Labute approximate surface area is 160 Å². The number of hydrogen-bond acceptors (Lipinski definition) is 6. The van der Waals surface area contributed by atoms with Crippen LogP contribution in [-0.2, 0) is 14.3 Å². The lowest BCUT2D eigenvalue weighted by atomic mass is 9.79. The average molecular weight is 384 g/mol. The Hall–Kier alpha value is -3.20. The molecule has 9 heteroatoms. The van der Waals surface area contributed by atoms with Crippen LogP contribution in [0.5, 0.6) is 0 Å². The maximum absolute atomic E-state index is 12.3. The Kier molecular flexibility index (Phi) is 5.07. The molecule has 0 radical (unpaired) electrons. The second kappa shape index (κ2) is 7.81. The van der Waals surface area contributed by atoms with Gasteiger partial charge in [-0.1, -0.05) is 35.5 Å². The number of carbonyl (C=O) groups is 3. The Morgan fingerprint density at radius 2 is 1.75 bits per heavy atom. The van der Waals surface area contributed by atoms with Gasteiger partial charge in [-0.05, 0) is 12.8 Å². The van der Waals surface area contributed by atoms with Crippen LogP contribution in [0.15, 0.2) is 40.9 Å². The highest BCUT2D eigenvalue weighted by molar-refractivity contribution is 5.93. The molecule has 3 N–H and O–H groups in total. The minimum Gasteiger partial charge on any atom is -0.368 e. The molecule has 1 aliphatic carbocycles. The largest absolute Gasteiger partial charge is 0.368 e. The van der Waals surface area contributed by atoms with Gasteiger partial charge in [-0.2, -0.15) is 0 Å². The number of hydrazine groups is 1. The third-order valence-corrected chi connectivity index (χ3v) is 4.95. The standard InChI is InChI=1S/C19H20N4O5/c24-17(21-22-19(26)15-6-7-27-15)12-8-13(9-12)20-18(25)16-10-14(23-28-16)11-4-2-1-3-5-11/h1-5,10,12-13,15H,6-9H2,(H,20,25)(H,21,24)(H,22,26). The summed E-state index contributed by atoms with van der Waals surface area (Å²) >= 11 is 0. The Morgan fingerprint density at radius 1 is 1.04 bits per heavy atom. The van der Waals surface area contributed by atoms with Crippen LogP contribution >= 0.6 is 0 Å². The molecular weight excluding hydrogens is 364 g/mol. The summed E-state index contributed by atoms with van der Waals surface area (Å²) in [5.74, 6) is -1.12. The first-order valence-corrected chi connectivity index (χ1v) is 9.14. The summed E-state index contributed by atoms with van der Waals surface area (Å²) in [7, 11) is 0. The van der Waals surface area contributed by atoms with Gasteiger partial charge in [-0.25, -0.2) is 0 Å². The quantitative estimate of drug-likeness (QED) is 0.655. The lowest BCUT2D eigenvalue weighted by Crippen LogP contribution is -2.55. The van der Waals surface area contributed by atoms with Gasteiger partial charge in [0.15, 0.2) is 0 Å². The molecule has 2 aromatic rings. The summed E-state index contributed by atoms with van der Waals surface area (Å²) in [5.41, 5.74) is 6.21. The lowest BCUT2D eigenvalue weighted by molar-refractivity contribution is -0.148. The molecule has 1 saturated carbocycles. The second-order valence-electron chi connectivity index (χ2n) is 6.91. The summed E-state index contributed by atoms with van der Waals surface area (Å²) in [5, 5.41) is 6.74. The summed E-state index contributed by atoms with van der Waals surface area (Å²) in [6.07, 6.45) is 1.17. The van der Waals surface area contributed by atoms with Crippen molar-refractivity contribution in [1.29, 1.82) is 0 Å². The van der Waals surface area contributed by atoms with Gasteiger partial charge in [0.2, 0.25) is 11.7 Å². The van der Waals surface area contributed by atoms with Crippen molar-refractivity contribution in [1.82, 2.24) is 21.3 Å². The number of carbonyl (C=O) groups excluding carboxylic acids is 3. The molecule has 2 aliphatic rings. The van der Waals surface area contributed by atoms with Gasteiger partial charge < -0.3 is 14.6 Å². The van der Waals surface area contributed by atoms with Gasteiger partial charge in [0.05, 0.1) is 6.61 Å². The van der Waals surface area contributed by atoms with Gasteiger partial charge in [-0.3, -0.25) is 25.2 Å². The number of rotatable bonds is 5. The van der Waals surface area contributed by atoms with E-state index in [9.17, 15) is 14.4 Å². The molecule has 1 aromatic heterocycles. The lowest BCUT2D eigenvalue weighted by Gasteiger charge is -2.34. The van der Waals surface area contributed by atoms with Gasteiger partial charge in [0.25, 0.3) is 11.8 Å². The minimum absolute atomic E-state index is 0.125. The fraction of sp³-hybridized carbons (Fsp3) is 0.368. The zero-order valence-electron chi connectivity index (χ0n) is 15.0. The Bertz CT molecular complexity index is 871. The number of amides is 3. The molecular formula is C19H20N4O5. The number of nitrogens with one attached hydrogen (secondary N) is 3. The molecule has 1 aromatic carbocycles. The first-order valence-electron chi connectivity index (χ1n) is 9.14. The van der Waals surface area contributed by atoms with Crippen LogP contribution in [0, 0.1) is 5.92 Å². The zero-order valence-corrected chi connectivity index (χ0v) is 15.0. The molecule has 1 atom stereocenters. The van der Waals surface area contributed by atoms with Crippen LogP contribution < -0.4 is 16.2 Å². The first kappa shape index (κ1) is 18.2. The van der Waals surface area contributed by atoms with Gasteiger partial charge in [0.1, 0.15) is 11.8 Å². The highest BCUT2D eigenvalue weighted by Gasteiger charge is 2.36. The van der Waals surface area contributed by atoms with Crippen molar-refractivity contribution in [3.63, 3.8) is 0 Å². The van der Waals surface area contributed by atoms with E-state index in [-0.39, 0.29) is 35.4 Å². The Morgan fingerprint density at radius 3 is 2.43 bits per heavy atom. The van der Waals surface area contributed by atoms with Crippen LogP contribution in [0.3, 0.4) is 0 Å². The third kappa shape index (κ3) is 3.89. The monoisotopic (exact) mass is 384 g/mol. The van der Waals surface area contributed by atoms with Crippen LogP contribution in [0.2, 0.25) is 0 Å². The predicted octanol–water partition coefficient (Wildman–Crippen LogP) is 0.786. The maximum Gasteiger partial charge on any atom is 0.290 e. The molecule has 1 saturated heterocycles. The predicted molar refractivity (Wildman–Crippen MR) is 96.6 cm³/mol. The third-order valence-electron chi connectivity index (χ3n) is 4.95. The van der Waals surface area contributed by atoms with E-state index in [1.807, 2.05) is 30.3 Å². The van der Waals surface area contributed by atoms with Crippen molar-refractivity contribution < 1.29 is 23.6 Å². The van der Waals surface area contributed by atoms with Gasteiger partial charge in [0, 0.05) is 30.0 Å². The minimum atomic E-state index is -0.476. The van der Waals surface area contributed by atoms with Crippen molar-refractivity contribution in [2.45, 2.75) is 31.4 Å². The molecule has 2 heterocycles. The van der Waals surface area contributed by atoms with Crippen molar-refractivity contribution in [2.24, 2.45) is 5.92 Å². The van der Waals surface area contributed by atoms with Crippen molar-refractivity contribution >= 4 is 17.7 Å². The van der Waals surface area contributed by atoms with E-state index in [1.165, 1.54) is 0 Å². The van der Waals surface area contributed by atoms with Gasteiger partial charge in [-0.15, -0.1) is 0 Å². The summed E-state index contributed by atoms with van der Waals surface area (Å²) in [6.45, 7) is 0.564. The first-order chi connectivity index (χ1) is 13.6. The fourth-order valence-corrected chi connectivity index (χ4v) is 3.08. The molecule has 1 aliphatic heterocycles. The number of hydrogen-bond donors (Lipinski definition) is 3. The molecule has 3 amide bonds. The van der Waals surface area contributed by atoms with Crippen molar-refractivity contribution in [2.75, 3.05) is 6.61 Å². The number of benzene rings is 1. The molecule has 0 spiro atoms. The number of ether oxygens (including phenoxy) is 1. The molecule has 9 nitrogen and oxygen atoms in total. The molecule has 28 heavy (non-hydrogen) atoms. The Balaban J connectivity index is 1.21. The number of nitrogens with zero attached hydrogens (tertiary/aromatic N) is 1. The van der Waals surface area contributed by atoms with E-state index in [0.29, 0.717) is 31.6 Å². The second-order valence-corrected chi connectivity index (χ2v) is 6.91. The van der Waals surface area contributed by atoms with Crippen LogP contribution in [0.1, 0.15) is 29.8 Å². The average Bonchev–Trinajstić information content (AvgIpc) is 3.12. The summed E-state index contributed by atoms with van der Waals surface area (Å²) < 4.78 is 10.2. The van der Waals surface area contributed by atoms with Crippen molar-refractivity contribution in [3.8, 4) is 11.3 Å². The highest BCUT2D eigenvalue weighted by atomic mass is 16.5. The SMILES string of the molecule is O=C(NC1CC(C(=O)NNC(=O)C2CCO2)C1)c1cc(-c2ccccc2)no1. The van der Waals surface area contributed by atoms with E-state index in [0.717, 1.165) is 5.56 Å². The van der Waals surface area contributed by atoms with Gasteiger partial charge >= 0.3 is 0 Å². The molecule has 146 valence electrons. The van der Waals surface area contributed by atoms with Crippen molar-refractivity contribution in [3.05, 3.63) is 42.2 Å². The topological polar surface area (TPSA) is 123 Å². The van der Waals surface area contributed by atoms with Crippen LogP contribution in [-0.4, -0.2) is 41.6 Å². The van der Waals surface area contributed by atoms with Crippen LogP contribution in [0.25, 0.3) is 11.3 Å². The van der Waals surface area contributed by atoms with E-state index < -0.39 is 6.10 Å². The molecule has 0 bridgehead atoms. The van der Waals surface area contributed by atoms with E-state index in [2.05, 4.69) is 21.3 Å². The van der Waals surface area contributed by atoms with Crippen LogP contribution in [0.4, 0.5) is 0 Å². The smallest absolute Gasteiger partial charge is 0.290 e. The fourth-order valence-electron chi connectivity index (χ4n) is 3.08. The molecule has 2 fully saturated rings. The summed E-state index contributed by atoms with van der Waals surface area (Å²) in [4.78, 5) is 35.9. The molecule has 4 rings (SSSR count). The normalized spacial score (nSPS) is 23.1. The maximum atomic E-state index is 12.3.